The molecule has 0 spiro atoms. The number of aromatic nitrogens is 5. The molecule has 0 fully saturated rings. The van der Waals surface area contributed by atoms with Gasteiger partial charge in [-0.3, -0.25) is 0 Å². The van der Waals surface area contributed by atoms with Gasteiger partial charge in [0.05, 0.1) is 5.75 Å². The minimum absolute atomic E-state index is 0.450. The van der Waals surface area contributed by atoms with Crippen LogP contribution in [0.5, 0.6) is 0 Å². The smallest absolute Gasteiger partial charge is 0.247 e. The van der Waals surface area contributed by atoms with E-state index in [1.807, 2.05) is 54.6 Å². The van der Waals surface area contributed by atoms with Crippen LogP contribution in [-0.4, -0.2) is 25.1 Å². The Kier molecular flexibility index (Phi) is 4.72. The zero-order valence-corrected chi connectivity index (χ0v) is 15.8. The molecule has 2 N–H and O–H groups in total. The Balaban J connectivity index is 1.50. The van der Waals surface area contributed by atoms with Gasteiger partial charge in [-0.25, -0.2) is 4.68 Å². The lowest BCUT2D eigenvalue weighted by atomic mass is 10.2. The van der Waals surface area contributed by atoms with E-state index in [1.165, 1.54) is 16.4 Å². The molecule has 4 rings (SSSR count). The van der Waals surface area contributed by atoms with Crippen LogP contribution in [0.1, 0.15) is 5.89 Å². The van der Waals surface area contributed by atoms with Gasteiger partial charge in [0.1, 0.15) is 0 Å². The van der Waals surface area contributed by atoms with E-state index in [0.29, 0.717) is 28.5 Å². The molecule has 0 saturated carbocycles. The first-order valence-corrected chi connectivity index (χ1v) is 9.46. The fourth-order valence-electron chi connectivity index (χ4n) is 2.34. The van der Waals surface area contributed by atoms with Crippen LogP contribution in [0.2, 0.25) is 0 Å². The fourth-order valence-corrected chi connectivity index (χ4v) is 3.49. The maximum Gasteiger partial charge on any atom is 0.247 e. The quantitative estimate of drug-likeness (QED) is 0.381. The number of nitrogens with two attached hydrogens (primary N) is 1. The summed E-state index contributed by atoms with van der Waals surface area (Å²) in [6.45, 7) is 0. The Labute approximate surface area is 161 Å². The van der Waals surface area contributed by atoms with Gasteiger partial charge in [-0.15, -0.1) is 20.4 Å². The summed E-state index contributed by atoms with van der Waals surface area (Å²) in [6, 6.07) is 17.3. The van der Waals surface area contributed by atoms with Gasteiger partial charge in [0.25, 0.3) is 0 Å². The van der Waals surface area contributed by atoms with Crippen LogP contribution in [0.4, 0.5) is 0 Å². The van der Waals surface area contributed by atoms with Gasteiger partial charge in [0.2, 0.25) is 16.9 Å². The van der Waals surface area contributed by atoms with Gasteiger partial charge < -0.3 is 10.3 Å². The van der Waals surface area contributed by atoms with Gasteiger partial charge in [0, 0.05) is 15.6 Å². The van der Waals surface area contributed by atoms with Gasteiger partial charge >= 0.3 is 0 Å². The second-order valence-corrected chi connectivity index (χ2v) is 7.11. The third kappa shape index (κ3) is 3.35. The second-order valence-electron chi connectivity index (χ2n) is 5.31. The van der Waals surface area contributed by atoms with Gasteiger partial charge in [0.15, 0.2) is 5.82 Å². The van der Waals surface area contributed by atoms with Crippen molar-refractivity contribution in [3.63, 3.8) is 0 Å². The molecule has 9 heteroatoms. The lowest BCUT2D eigenvalue weighted by molar-refractivity contribution is 0.528. The summed E-state index contributed by atoms with van der Waals surface area (Å²) in [5.41, 5.74) is 1.76. The molecule has 26 heavy (non-hydrogen) atoms. The van der Waals surface area contributed by atoms with E-state index in [-0.39, 0.29) is 0 Å². The molecule has 0 atom stereocenters. The highest BCUT2D eigenvalue weighted by Crippen LogP contribution is 2.29. The van der Waals surface area contributed by atoms with Crippen LogP contribution >= 0.6 is 27.7 Å². The summed E-state index contributed by atoms with van der Waals surface area (Å²) in [5, 5.41) is 17.0. The number of hydrogen-bond donors (Lipinski definition) is 1. The maximum absolute atomic E-state index is 6.15. The molecule has 7 nitrogen and oxygen atoms in total. The summed E-state index contributed by atoms with van der Waals surface area (Å²) in [6.07, 6.45) is 0. The van der Waals surface area contributed by atoms with Crippen molar-refractivity contribution in [3.8, 4) is 22.8 Å². The first-order chi connectivity index (χ1) is 12.7. The molecule has 0 amide bonds. The van der Waals surface area contributed by atoms with Crippen molar-refractivity contribution in [2.24, 2.45) is 0 Å². The Morgan fingerprint density at radius 2 is 1.73 bits per heavy atom. The number of nitrogen functional groups attached to an aromatic ring is 1. The van der Waals surface area contributed by atoms with Crippen LogP contribution in [0, 0.1) is 0 Å². The van der Waals surface area contributed by atoms with E-state index in [4.69, 9.17) is 10.3 Å². The predicted molar refractivity (Wildman–Crippen MR) is 103 cm³/mol. The molecule has 0 unspecified atom stereocenters. The monoisotopic (exact) mass is 428 g/mol. The third-order valence-electron chi connectivity index (χ3n) is 3.59. The van der Waals surface area contributed by atoms with Gasteiger partial charge in [-0.1, -0.05) is 58.0 Å². The van der Waals surface area contributed by atoms with Gasteiger partial charge in [-0.2, -0.15) is 0 Å². The van der Waals surface area contributed by atoms with E-state index in [2.05, 4.69) is 36.3 Å². The van der Waals surface area contributed by atoms with Crippen molar-refractivity contribution in [1.29, 1.82) is 0 Å². The first kappa shape index (κ1) is 16.8. The van der Waals surface area contributed by atoms with Crippen LogP contribution in [0.3, 0.4) is 0 Å². The van der Waals surface area contributed by atoms with E-state index >= 15 is 0 Å². The molecule has 130 valence electrons. The molecule has 4 aromatic rings. The summed E-state index contributed by atoms with van der Waals surface area (Å²) >= 11 is 4.88. The van der Waals surface area contributed by atoms with Crippen molar-refractivity contribution in [2.75, 3.05) is 5.84 Å². The molecular weight excluding hydrogens is 416 g/mol. The second kappa shape index (κ2) is 7.30. The highest BCUT2D eigenvalue weighted by atomic mass is 79.9. The number of hydrogen-bond acceptors (Lipinski definition) is 7. The number of nitrogens with zero attached hydrogens (tertiary/aromatic N) is 5. The summed E-state index contributed by atoms with van der Waals surface area (Å²) in [5.74, 6) is 8.17. The Hall–Kier alpha value is -2.65. The highest BCUT2D eigenvalue weighted by Gasteiger charge is 2.16. The average Bonchev–Trinajstić information content (AvgIpc) is 3.28. The molecule has 0 aliphatic heterocycles. The number of rotatable bonds is 5. The number of thioether (sulfide) groups is 1. The molecule has 0 aliphatic rings. The molecule has 0 saturated heterocycles. The molecule has 0 radical (unpaired) electrons. The summed E-state index contributed by atoms with van der Waals surface area (Å²) in [4.78, 5) is 0. The van der Waals surface area contributed by atoms with E-state index < -0.39 is 0 Å². The van der Waals surface area contributed by atoms with Crippen LogP contribution in [0.25, 0.3) is 22.8 Å². The fraction of sp³-hybridized carbons (Fsp3) is 0.0588. The molecule has 2 heterocycles. The normalized spacial score (nSPS) is 11.0. The molecule has 0 bridgehead atoms. The Morgan fingerprint density at radius 3 is 2.54 bits per heavy atom. The number of halogens is 1. The van der Waals surface area contributed by atoms with Crippen molar-refractivity contribution >= 4 is 27.7 Å². The number of benzene rings is 2. The van der Waals surface area contributed by atoms with Crippen LogP contribution in [-0.2, 0) is 5.75 Å². The summed E-state index contributed by atoms with van der Waals surface area (Å²) in [7, 11) is 0. The average molecular weight is 429 g/mol. The maximum atomic E-state index is 6.15. The molecule has 2 aromatic heterocycles. The molecular formula is C17H13BrN6OS. The summed E-state index contributed by atoms with van der Waals surface area (Å²) < 4.78 is 8.05. The zero-order chi connectivity index (χ0) is 17.9. The standard InChI is InChI=1S/C17H13BrN6OS/c18-13-9-5-4-8-12(13)15-21-23-17(24(15)19)26-10-14-20-22-16(25-14)11-6-2-1-3-7-11/h1-9H,10,19H2. The lowest BCUT2D eigenvalue weighted by Gasteiger charge is -2.04. The van der Waals surface area contributed by atoms with E-state index in [1.54, 1.807) is 0 Å². The van der Waals surface area contributed by atoms with Gasteiger partial charge in [-0.05, 0) is 24.3 Å². The lowest BCUT2D eigenvalue weighted by Crippen LogP contribution is -2.11. The SMILES string of the molecule is Nn1c(SCc2nnc(-c3ccccc3)o2)nnc1-c1ccccc1Br. The van der Waals surface area contributed by atoms with Crippen molar-refractivity contribution in [3.05, 3.63) is 65.0 Å². The van der Waals surface area contributed by atoms with Crippen LogP contribution < -0.4 is 5.84 Å². The van der Waals surface area contributed by atoms with Crippen molar-refractivity contribution in [1.82, 2.24) is 25.1 Å². The third-order valence-corrected chi connectivity index (χ3v) is 5.21. The predicted octanol–water partition coefficient (Wildman–Crippen LogP) is 3.76. The first-order valence-electron chi connectivity index (χ1n) is 7.68. The largest absolute Gasteiger partial charge is 0.420 e. The van der Waals surface area contributed by atoms with Crippen molar-refractivity contribution < 1.29 is 4.42 Å². The van der Waals surface area contributed by atoms with Crippen LogP contribution in [0.15, 0.2) is 68.6 Å². The Morgan fingerprint density at radius 1 is 0.962 bits per heavy atom. The minimum Gasteiger partial charge on any atom is -0.420 e. The zero-order valence-electron chi connectivity index (χ0n) is 13.4. The van der Waals surface area contributed by atoms with E-state index in [9.17, 15) is 0 Å². The van der Waals surface area contributed by atoms with E-state index in [0.717, 1.165) is 15.6 Å². The molecule has 2 aromatic carbocycles. The highest BCUT2D eigenvalue weighted by molar-refractivity contribution is 9.10. The van der Waals surface area contributed by atoms with Crippen molar-refractivity contribution in [2.45, 2.75) is 10.9 Å². The minimum atomic E-state index is 0.450. The molecule has 0 aliphatic carbocycles. The Bertz CT molecular complexity index is 1030. The topological polar surface area (TPSA) is 95.7 Å².